The normalized spacial score (nSPS) is 23.1. The number of benzene rings is 1. The molecule has 0 aliphatic carbocycles. The second-order valence-electron chi connectivity index (χ2n) is 4.22. The molecule has 1 aliphatic rings. The first-order chi connectivity index (χ1) is 7.76. The maximum absolute atomic E-state index is 4.46. The van der Waals surface area contributed by atoms with E-state index in [1.165, 1.54) is 5.56 Å². The van der Waals surface area contributed by atoms with Gasteiger partial charge in [-0.05, 0) is 25.6 Å². The smallest absolute Gasteiger partial charge is 0.0671 e. The molecule has 0 bridgehead atoms. The van der Waals surface area contributed by atoms with Gasteiger partial charge in [-0.2, -0.15) is 0 Å². The molecule has 2 nitrogen and oxygen atoms in total. The predicted molar refractivity (Wildman–Crippen MR) is 72.9 cm³/mol. The van der Waals surface area contributed by atoms with Gasteiger partial charge in [-0.3, -0.25) is 4.99 Å². The van der Waals surface area contributed by atoms with Crippen LogP contribution in [0, 0.1) is 0 Å². The molecule has 1 aliphatic heterocycles. The summed E-state index contributed by atoms with van der Waals surface area (Å²) in [6, 6.07) is 8.47. The van der Waals surface area contributed by atoms with E-state index in [1.807, 2.05) is 18.8 Å². The Kier molecular flexibility index (Phi) is 3.66. The Morgan fingerprint density at radius 2 is 2.25 bits per heavy atom. The molecule has 0 aromatic heterocycles. The van der Waals surface area contributed by atoms with E-state index >= 15 is 0 Å². The summed E-state index contributed by atoms with van der Waals surface area (Å²) in [4.78, 5) is 4.46. The molecule has 0 radical (unpaired) electrons. The molecule has 0 fully saturated rings. The van der Waals surface area contributed by atoms with Crippen molar-refractivity contribution in [2.24, 2.45) is 4.99 Å². The van der Waals surface area contributed by atoms with Gasteiger partial charge in [0.05, 0.1) is 5.69 Å². The number of nitrogens with zero attached hydrogens (tertiary/aromatic N) is 1. The summed E-state index contributed by atoms with van der Waals surface area (Å²) in [5, 5.41) is 3.19. The van der Waals surface area contributed by atoms with Crippen LogP contribution in [0.3, 0.4) is 0 Å². The average molecular weight is 234 g/mol. The first-order valence-corrected chi connectivity index (χ1v) is 6.65. The van der Waals surface area contributed by atoms with Crippen LogP contribution in [0.5, 0.6) is 0 Å². The highest BCUT2D eigenvalue weighted by molar-refractivity contribution is 8.00. The minimum Gasteiger partial charge on any atom is -0.319 e. The van der Waals surface area contributed by atoms with E-state index in [4.69, 9.17) is 0 Å². The molecule has 1 aromatic rings. The number of hydrogen-bond donors (Lipinski definition) is 1. The minimum absolute atomic E-state index is 0.190. The largest absolute Gasteiger partial charge is 0.319 e. The second-order valence-corrected chi connectivity index (χ2v) is 5.81. The van der Waals surface area contributed by atoms with Gasteiger partial charge >= 0.3 is 0 Å². The van der Waals surface area contributed by atoms with Crippen LogP contribution in [0.15, 0.2) is 29.3 Å². The molecule has 0 spiro atoms. The number of rotatable bonds is 4. The SMILES string of the molecule is CNCCSC1(C)CC=Nc2ccccc21. The number of aliphatic imine (C=N–C) groups is 1. The molecule has 1 aromatic carbocycles. The van der Waals surface area contributed by atoms with Crippen LogP contribution in [0.2, 0.25) is 0 Å². The monoisotopic (exact) mass is 234 g/mol. The first-order valence-electron chi connectivity index (χ1n) is 5.67. The van der Waals surface area contributed by atoms with Crippen molar-refractivity contribution < 1.29 is 0 Å². The van der Waals surface area contributed by atoms with E-state index in [0.717, 1.165) is 24.4 Å². The molecule has 0 saturated heterocycles. The zero-order chi connectivity index (χ0) is 11.4. The Hall–Kier alpha value is -0.800. The van der Waals surface area contributed by atoms with E-state index in [1.54, 1.807) is 0 Å². The highest BCUT2D eigenvalue weighted by Crippen LogP contribution is 2.45. The predicted octanol–water partition coefficient (Wildman–Crippen LogP) is 2.96. The number of fused-ring (bicyclic) bond motifs is 1. The van der Waals surface area contributed by atoms with Crippen LogP contribution < -0.4 is 5.32 Å². The Morgan fingerprint density at radius 1 is 1.44 bits per heavy atom. The van der Waals surface area contributed by atoms with Gasteiger partial charge in [0.1, 0.15) is 0 Å². The number of thioether (sulfide) groups is 1. The van der Waals surface area contributed by atoms with Crippen molar-refractivity contribution in [2.45, 2.75) is 18.1 Å². The molecule has 0 saturated carbocycles. The van der Waals surface area contributed by atoms with E-state index in [9.17, 15) is 0 Å². The van der Waals surface area contributed by atoms with Gasteiger partial charge in [0, 0.05) is 29.7 Å². The number of hydrogen-bond acceptors (Lipinski definition) is 3. The molecular weight excluding hydrogens is 216 g/mol. The summed E-state index contributed by atoms with van der Waals surface area (Å²) in [5.41, 5.74) is 2.51. The zero-order valence-electron chi connectivity index (χ0n) is 9.86. The Bertz CT molecular complexity index is 389. The standard InChI is InChI=1S/C13H18N2S/c1-13(16-10-9-14-2)7-8-15-12-6-4-3-5-11(12)13/h3-6,8,14H,7,9-10H2,1-2H3. The van der Waals surface area contributed by atoms with E-state index in [2.05, 4.69) is 47.7 Å². The Morgan fingerprint density at radius 3 is 3.06 bits per heavy atom. The van der Waals surface area contributed by atoms with Gasteiger partial charge in [-0.1, -0.05) is 18.2 Å². The molecule has 1 heterocycles. The van der Waals surface area contributed by atoms with E-state index < -0.39 is 0 Å². The lowest BCUT2D eigenvalue weighted by atomic mass is 9.93. The van der Waals surface area contributed by atoms with Crippen molar-refractivity contribution in [3.63, 3.8) is 0 Å². The lowest BCUT2D eigenvalue weighted by Crippen LogP contribution is -2.23. The average Bonchev–Trinajstić information content (AvgIpc) is 2.30. The molecule has 1 atom stereocenters. The summed E-state index contributed by atoms with van der Waals surface area (Å²) in [7, 11) is 2.00. The van der Waals surface area contributed by atoms with Crippen LogP contribution >= 0.6 is 11.8 Å². The lowest BCUT2D eigenvalue weighted by Gasteiger charge is -2.32. The van der Waals surface area contributed by atoms with Crippen LogP contribution in [0.4, 0.5) is 5.69 Å². The zero-order valence-corrected chi connectivity index (χ0v) is 10.7. The van der Waals surface area contributed by atoms with Gasteiger partial charge in [0.25, 0.3) is 0 Å². The van der Waals surface area contributed by atoms with Gasteiger partial charge in [-0.25, -0.2) is 0 Å². The van der Waals surface area contributed by atoms with Crippen molar-refractivity contribution in [3.8, 4) is 0 Å². The van der Waals surface area contributed by atoms with Crippen LogP contribution in [0.25, 0.3) is 0 Å². The first kappa shape index (κ1) is 11.7. The topological polar surface area (TPSA) is 24.4 Å². The quantitative estimate of drug-likeness (QED) is 0.810. The maximum atomic E-state index is 4.46. The Labute approximate surface area is 102 Å². The molecule has 3 heteroatoms. The lowest BCUT2D eigenvalue weighted by molar-refractivity contribution is 0.721. The Balaban J connectivity index is 2.19. The molecule has 16 heavy (non-hydrogen) atoms. The fraction of sp³-hybridized carbons (Fsp3) is 0.462. The highest BCUT2D eigenvalue weighted by Gasteiger charge is 2.30. The van der Waals surface area contributed by atoms with Gasteiger partial charge < -0.3 is 5.32 Å². The van der Waals surface area contributed by atoms with Gasteiger partial charge in [0.2, 0.25) is 0 Å². The van der Waals surface area contributed by atoms with Crippen molar-refractivity contribution in [1.29, 1.82) is 0 Å². The minimum atomic E-state index is 0.190. The highest BCUT2D eigenvalue weighted by atomic mass is 32.2. The van der Waals surface area contributed by atoms with Gasteiger partial charge in [-0.15, -0.1) is 11.8 Å². The van der Waals surface area contributed by atoms with Crippen molar-refractivity contribution in [3.05, 3.63) is 29.8 Å². The number of nitrogens with one attached hydrogen (secondary N) is 1. The van der Waals surface area contributed by atoms with Crippen molar-refractivity contribution in [2.75, 3.05) is 19.3 Å². The third kappa shape index (κ3) is 2.30. The van der Waals surface area contributed by atoms with Crippen LogP contribution in [-0.2, 0) is 4.75 Å². The molecule has 0 amide bonds. The molecule has 2 rings (SSSR count). The molecule has 1 unspecified atom stereocenters. The van der Waals surface area contributed by atoms with E-state index in [0.29, 0.717) is 0 Å². The summed E-state index contributed by atoms with van der Waals surface area (Å²) in [6.07, 6.45) is 3.08. The summed E-state index contributed by atoms with van der Waals surface area (Å²) in [6.45, 7) is 3.37. The van der Waals surface area contributed by atoms with Crippen LogP contribution in [-0.4, -0.2) is 25.6 Å². The number of para-hydroxylation sites is 1. The third-order valence-corrected chi connectivity index (χ3v) is 4.39. The maximum Gasteiger partial charge on any atom is 0.0671 e. The second kappa shape index (κ2) is 5.02. The third-order valence-electron chi connectivity index (χ3n) is 2.96. The van der Waals surface area contributed by atoms with E-state index in [-0.39, 0.29) is 4.75 Å². The summed E-state index contributed by atoms with van der Waals surface area (Å²) < 4.78 is 0.190. The summed E-state index contributed by atoms with van der Waals surface area (Å²) >= 11 is 2.01. The van der Waals surface area contributed by atoms with Crippen LogP contribution in [0.1, 0.15) is 18.9 Å². The van der Waals surface area contributed by atoms with Crippen molar-refractivity contribution in [1.82, 2.24) is 5.32 Å². The molecular formula is C13H18N2S. The summed E-state index contributed by atoms with van der Waals surface area (Å²) in [5.74, 6) is 1.13. The molecule has 1 N–H and O–H groups in total. The fourth-order valence-electron chi connectivity index (χ4n) is 1.98. The van der Waals surface area contributed by atoms with Crippen molar-refractivity contribution >= 4 is 23.7 Å². The molecule has 86 valence electrons. The fourth-order valence-corrected chi connectivity index (χ4v) is 3.25. The van der Waals surface area contributed by atoms with Gasteiger partial charge in [0.15, 0.2) is 0 Å².